The molecule has 0 radical (unpaired) electrons. The van der Waals surface area contributed by atoms with Crippen molar-refractivity contribution in [1.29, 1.82) is 0 Å². The van der Waals surface area contributed by atoms with E-state index in [9.17, 15) is 4.79 Å². The van der Waals surface area contributed by atoms with Crippen LogP contribution in [-0.2, 0) is 6.54 Å². The fourth-order valence-electron chi connectivity index (χ4n) is 1.81. The number of benzene rings is 1. The van der Waals surface area contributed by atoms with Gasteiger partial charge in [-0.25, -0.2) is 9.97 Å². The Labute approximate surface area is 136 Å². The van der Waals surface area contributed by atoms with Gasteiger partial charge in [-0.15, -0.1) is 22.7 Å². The zero-order valence-electron chi connectivity index (χ0n) is 11.9. The van der Waals surface area contributed by atoms with Crippen molar-refractivity contribution < 1.29 is 4.79 Å². The predicted molar refractivity (Wildman–Crippen MR) is 90.7 cm³/mol. The van der Waals surface area contributed by atoms with Crippen molar-refractivity contribution in [2.45, 2.75) is 13.5 Å². The number of amides is 1. The van der Waals surface area contributed by atoms with Gasteiger partial charge in [0, 0.05) is 23.0 Å². The average molecular weight is 330 g/mol. The topological polar surface area (TPSA) is 66.9 Å². The van der Waals surface area contributed by atoms with Crippen LogP contribution in [0.15, 0.2) is 41.9 Å². The summed E-state index contributed by atoms with van der Waals surface area (Å²) < 4.78 is 0. The second-order valence-electron chi connectivity index (χ2n) is 4.61. The Balaban J connectivity index is 1.59. The highest BCUT2D eigenvalue weighted by molar-refractivity contribution is 7.15. The number of hydrogen-bond acceptors (Lipinski definition) is 6. The molecule has 112 valence electrons. The van der Waals surface area contributed by atoms with Crippen LogP contribution in [-0.4, -0.2) is 15.9 Å². The Hall–Kier alpha value is -2.25. The molecule has 0 saturated carbocycles. The number of nitrogens with zero attached hydrogens (tertiary/aromatic N) is 2. The molecule has 0 atom stereocenters. The van der Waals surface area contributed by atoms with Gasteiger partial charge >= 0.3 is 0 Å². The molecule has 2 N–H and O–H groups in total. The van der Waals surface area contributed by atoms with Crippen molar-refractivity contribution in [3.05, 3.63) is 58.0 Å². The van der Waals surface area contributed by atoms with Gasteiger partial charge in [0.05, 0.1) is 0 Å². The van der Waals surface area contributed by atoms with Crippen LogP contribution in [0.5, 0.6) is 0 Å². The van der Waals surface area contributed by atoms with E-state index >= 15 is 0 Å². The number of anilines is 2. The molecule has 0 aliphatic heterocycles. The molecule has 3 aromatic rings. The largest absolute Gasteiger partial charge is 0.357 e. The van der Waals surface area contributed by atoms with Gasteiger partial charge in [0.2, 0.25) is 0 Å². The van der Waals surface area contributed by atoms with Gasteiger partial charge in [0.15, 0.2) is 10.3 Å². The molecule has 7 heteroatoms. The molecule has 0 aliphatic rings. The van der Waals surface area contributed by atoms with Crippen LogP contribution < -0.4 is 10.6 Å². The third kappa shape index (κ3) is 3.69. The molecule has 2 aromatic heterocycles. The Morgan fingerprint density at radius 3 is 2.77 bits per heavy atom. The minimum atomic E-state index is -0.238. The molecule has 0 aliphatic carbocycles. The maximum atomic E-state index is 12.1. The van der Waals surface area contributed by atoms with E-state index in [2.05, 4.69) is 20.6 Å². The molecule has 5 nitrogen and oxygen atoms in total. The lowest BCUT2D eigenvalue weighted by atomic mass is 10.2. The smallest absolute Gasteiger partial charge is 0.276 e. The van der Waals surface area contributed by atoms with Crippen molar-refractivity contribution in [1.82, 2.24) is 9.97 Å². The zero-order valence-corrected chi connectivity index (χ0v) is 13.5. The number of rotatable bonds is 5. The minimum Gasteiger partial charge on any atom is -0.357 e. The second-order valence-corrected chi connectivity index (χ2v) is 6.70. The van der Waals surface area contributed by atoms with Gasteiger partial charge in [-0.2, -0.15) is 0 Å². The predicted octanol–water partition coefficient (Wildman–Crippen LogP) is 3.77. The molecule has 2 heterocycles. The van der Waals surface area contributed by atoms with E-state index in [0.717, 1.165) is 10.0 Å². The summed E-state index contributed by atoms with van der Waals surface area (Å²) in [6.07, 6.45) is 1.73. The standard InChI is InChI=1S/C15H14N4OS2/c1-10-7-16-15(22-10)19-13(20)12-9-21-14(18-12)17-8-11-5-3-2-4-6-11/h2-7,9H,8H2,1H3,(H,17,18)(H,16,19,20). The molecule has 22 heavy (non-hydrogen) atoms. The van der Waals surface area contributed by atoms with Gasteiger partial charge in [-0.05, 0) is 12.5 Å². The summed E-state index contributed by atoms with van der Waals surface area (Å²) in [5.41, 5.74) is 1.57. The highest BCUT2D eigenvalue weighted by Gasteiger charge is 2.12. The Morgan fingerprint density at radius 2 is 2.05 bits per heavy atom. The van der Waals surface area contributed by atoms with Crippen LogP contribution in [0.25, 0.3) is 0 Å². The average Bonchev–Trinajstić information content (AvgIpc) is 3.15. The van der Waals surface area contributed by atoms with Crippen LogP contribution in [0.3, 0.4) is 0 Å². The van der Waals surface area contributed by atoms with Gasteiger partial charge < -0.3 is 5.32 Å². The van der Waals surface area contributed by atoms with Crippen LogP contribution in [0.2, 0.25) is 0 Å². The maximum Gasteiger partial charge on any atom is 0.276 e. The summed E-state index contributed by atoms with van der Waals surface area (Å²) in [4.78, 5) is 21.5. The third-order valence-corrected chi connectivity index (χ3v) is 4.49. The molecule has 3 rings (SSSR count). The van der Waals surface area contributed by atoms with E-state index in [1.165, 1.54) is 28.2 Å². The maximum absolute atomic E-state index is 12.1. The van der Waals surface area contributed by atoms with Crippen LogP contribution in [0.1, 0.15) is 20.9 Å². The van der Waals surface area contributed by atoms with Crippen LogP contribution >= 0.6 is 22.7 Å². The van der Waals surface area contributed by atoms with E-state index in [0.29, 0.717) is 17.4 Å². The van der Waals surface area contributed by atoms with E-state index in [4.69, 9.17) is 0 Å². The molecular weight excluding hydrogens is 316 g/mol. The van der Waals surface area contributed by atoms with Crippen LogP contribution in [0, 0.1) is 6.92 Å². The third-order valence-electron chi connectivity index (χ3n) is 2.87. The molecular formula is C15H14N4OS2. The van der Waals surface area contributed by atoms with Gasteiger partial charge in [-0.3, -0.25) is 10.1 Å². The quantitative estimate of drug-likeness (QED) is 0.747. The van der Waals surface area contributed by atoms with Crippen LogP contribution in [0.4, 0.5) is 10.3 Å². The zero-order chi connectivity index (χ0) is 15.4. The molecule has 0 fully saturated rings. The summed E-state index contributed by atoms with van der Waals surface area (Å²) >= 11 is 2.85. The lowest BCUT2D eigenvalue weighted by Gasteiger charge is -2.02. The SMILES string of the molecule is Cc1cnc(NC(=O)c2csc(NCc3ccccc3)n2)s1. The minimum absolute atomic E-state index is 0.238. The first-order valence-electron chi connectivity index (χ1n) is 6.68. The summed E-state index contributed by atoms with van der Waals surface area (Å²) in [7, 11) is 0. The molecule has 0 spiro atoms. The number of hydrogen-bond donors (Lipinski definition) is 2. The van der Waals surface area contributed by atoms with Gasteiger partial charge in [0.1, 0.15) is 5.69 Å². The number of thiazole rings is 2. The monoisotopic (exact) mass is 330 g/mol. The normalized spacial score (nSPS) is 10.4. The van der Waals surface area contributed by atoms with E-state index in [1.54, 1.807) is 11.6 Å². The Kier molecular flexibility index (Phi) is 4.45. The highest BCUT2D eigenvalue weighted by atomic mass is 32.1. The Morgan fingerprint density at radius 1 is 1.23 bits per heavy atom. The fourth-order valence-corrected chi connectivity index (χ4v) is 3.16. The molecule has 0 bridgehead atoms. The summed E-state index contributed by atoms with van der Waals surface area (Å²) in [5.74, 6) is -0.238. The molecule has 1 amide bonds. The van der Waals surface area contributed by atoms with E-state index in [-0.39, 0.29) is 5.91 Å². The number of aryl methyl sites for hydroxylation is 1. The number of carbonyl (C=O) groups is 1. The fraction of sp³-hybridized carbons (Fsp3) is 0.133. The lowest BCUT2D eigenvalue weighted by Crippen LogP contribution is -2.12. The lowest BCUT2D eigenvalue weighted by molar-refractivity contribution is 0.102. The Bertz CT molecular complexity index is 767. The molecule has 0 unspecified atom stereocenters. The van der Waals surface area contributed by atoms with Crippen molar-refractivity contribution >= 4 is 38.8 Å². The number of carbonyl (C=O) groups excluding carboxylic acids is 1. The number of aromatic nitrogens is 2. The van der Waals surface area contributed by atoms with Crippen molar-refractivity contribution in [2.75, 3.05) is 10.6 Å². The highest BCUT2D eigenvalue weighted by Crippen LogP contribution is 2.20. The van der Waals surface area contributed by atoms with E-state index in [1.807, 2.05) is 37.3 Å². The summed E-state index contributed by atoms with van der Waals surface area (Å²) in [6.45, 7) is 2.63. The first kappa shape index (κ1) is 14.7. The summed E-state index contributed by atoms with van der Waals surface area (Å²) in [6, 6.07) is 10.1. The number of nitrogens with one attached hydrogen (secondary N) is 2. The van der Waals surface area contributed by atoms with E-state index < -0.39 is 0 Å². The first-order chi connectivity index (χ1) is 10.7. The first-order valence-corrected chi connectivity index (χ1v) is 8.37. The van der Waals surface area contributed by atoms with Crippen molar-refractivity contribution in [3.63, 3.8) is 0 Å². The summed E-state index contributed by atoms with van der Waals surface area (Å²) in [5, 5.41) is 9.03. The second kappa shape index (κ2) is 6.67. The van der Waals surface area contributed by atoms with Gasteiger partial charge in [0.25, 0.3) is 5.91 Å². The van der Waals surface area contributed by atoms with Gasteiger partial charge in [-0.1, -0.05) is 30.3 Å². The van der Waals surface area contributed by atoms with Crippen molar-refractivity contribution in [3.8, 4) is 0 Å². The molecule has 1 aromatic carbocycles. The van der Waals surface area contributed by atoms with Crippen molar-refractivity contribution in [2.24, 2.45) is 0 Å². The molecule has 0 saturated heterocycles.